The zero-order valence-electron chi connectivity index (χ0n) is 35.3. The van der Waals surface area contributed by atoms with E-state index in [2.05, 4.69) is 10.3 Å². The highest BCUT2D eigenvalue weighted by Crippen LogP contribution is 2.30. The number of carbonyl (C=O) groups is 5. The van der Waals surface area contributed by atoms with Gasteiger partial charge in [0.15, 0.2) is 11.4 Å². The lowest BCUT2D eigenvalue weighted by Crippen LogP contribution is -2.52. The number of unbranched alkanes of at least 4 members (excludes halogenated alkanes) is 1. The normalized spacial score (nSPS) is 19.4. The number of amides is 3. The summed E-state index contributed by atoms with van der Waals surface area (Å²) >= 11 is 0. The van der Waals surface area contributed by atoms with E-state index in [1.807, 2.05) is 30.3 Å². The van der Waals surface area contributed by atoms with Crippen molar-refractivity contribution in [1.82, 2.24) is 24.4 Å². The number of hydrogen-bond donors (Lipinski definition) is 2. The van der Waals surface area contributed by atoms with Crippen LogP contribution in [0.4, 0.5) is 9.59 Å². The summed E-state index contributed by atoms with van der Waals surface area (Å²) in [7, 11) is -3.77. The second-order valence-electron chi connectivity index (χ2n) is 16.5. The molecule has 3 N–H and O–H groups in total. The van der Waals surface area contributed by atoms with Gasteiger partial charge in [0.05, 0.1) is 17.5 Å². The summed E-state index contributed by atoms with van der Waals surface area (Å²) in [5.74, 6) is -2.36. The number of alkyl carbamates (subject to hydrolysis) is 1. The number of nitrogens with two attached hydrogens (primary N) is 1. The second-order valence-corrected chi connectivity index (χ2v) is 18.4. The van der Waals surface area contributed by atoms with E-state index in [1.54, 1.807) is 42.5 Å². The number of ketones is 2. The third-order valence-corrected chi connectivity index (χ3v) is 14.0. The molecule has 0 bridgehead atoms. The van der Waals surface area contributed by atoms with Gasteiger partial charge in [0.25, 0.3) is 5.89 Å². The molecule has 3 fully saturated rings. The van der Waals surface area contributed by atoms with Crippen molar-refractivity contribution >= 4 is 50.8 Å². The van der Waals surface area contributed by atoms with Crippen molar-refractivity contribution in [3.8, 4) is 0 Å². The van der Waals surface area contributed by atoms with E-state index in [-0.39, 0.29) is 68.9 Å². The number of oxazole rings is 1. The first-order valence-electron chi connectivity index (χ1n) is 21.9. The summed E-state index contributed by atoms with van der Waals surface area (Å²) < 4.78 is 45.3. The minimum absolute atomic E-state index is 0.0497. The van der Waals surface area contributed by atoms with Gasteiger partial charge in [-0.3, -0.25) is 14.4 Å². The molecule has 2 aliphatic heterocycles. The van der Waals surface area contributed by atoms with Gasteiger partial charge >= 0.3 is 12.2 Å². The molecule has 0 spiro atoms. The van der Waals surface area contributed by atoms with Crippen LogP contribution in [-0.4, -0.2) is 121 Å². The van der Waals surface area contributed by atoms with Crippen molar-refractivity contribution in [2.24, 2.45) is 11.7 Å². The molecule has 1 aliphatic carbocycles. The number of hydrogen-bond acceptors (Lipinski definition) is 12. The zero-order chi connectivity index (χ0) is 44.3. The van der Waals surface area contributed by atoms with Crippen LogP contribution in [0.5, 0.6) is 0 Å². The Morgan fingerprint density at radius 2 is 1.51 bits per heavy atom. The minimum Gasteiger partial charge on any atom is -0.446 e. The fourth-order valence-electron chi connectivity index (χ4n) is 8.64. The van der Waals surface area contributed by atoms with Gasteiger partial charge in [-0.15, -0.1) is 0 Å². The molecule has 0 radical (unpaired) electrons. The van der Waals surface area contributed by atoms with Crippen molar-refractivity contribution < 1.29 is 46.3 Å². The van der Waals surface area contributed by atoms with Crippen LogP contribution in [-0.2, 0) is 35.5 Å². The molecule has 4 atom stereocenters. The number of nitrogens with zero attached hydrogens (tertiary/aromatic N) is 4. The molecule has 17 heteroatoms. The van der Waals surface area contributed by atoms with Crippen molar-refractivity contribution in [3.63, 3.8) is 0 Å². The number of likely N-dealkylation sites (tertiary alicyclic amines) is 1. The third kappa shape index (κ3) is 11.5. The number of Topliss-reactive ketones (excluding diaryl/α,β-unsaturated/α-hetero) is 2. The molecular weight excluding hydrogens is 829 g/mol. The number of fused-ring (bicyclic) bond motifs is 1. The quantitative estimate of drug-likeness (QED) is 0.0938. The number of aromatic nitrogens is 1. The number of rotatable bonds is 18. The molecular formula is C46H56N6O10S. The van der Waals surface area contributed by atoms with Crippen LogP contribution in [0.15, 0.2) is 94.2 Å². The van der Waals surface area contributed by atoms with Gasteiger partial charge < -0.3 is 34.7 Å². The Morgan fingerprint density at radius 3 is 2.21 bits per heavy atom. The number of carbonyl (C=O) groups excluding carboxylic acids is 5. The number of para-hydroxylation sites is 2. The summed E-state index contributed by atoms with van der Waals surface area (Å²) in [5.41, 5.74) is 7.68. The maximum Gasteiger partial charge on any atom is 0.410 e. The molecule has 1 aromatic heterocycles. The van der Waals surface area contributed by atoms with Gasteiger partial charge in [-0.2, -0.15) is 4.31 Å². The van der Waals surface area contributed by atoms with Crippen molar-refractivity contribution in [3.05, 3.63) is 96.4 Å². The number of aryl methyl sites for hydroxylation is 1. The smallest absolute Gasteiger partial charge is 0.410 e. The molecule has 16 nitrogen and oxygen atoms in total. The topological polar surface area (TPSA) is 212 Å². The number of piperazine rings is 1. The molecule has 3 aliphatic rings. The largest absolute Gasteiger partial charge is 0.446 e. The highest BCUT2D eigenvalue weighted by atomic mass is 32.2. The summed E-state index contributed by atoms with van der Waals surface area (Å²) in [5, 5.41) is 2.79. The SMILES string of the molecule is NCCCC[C@H](CC(=O)[C@@H]1C[C@@H](OC(=O)N2CCN(S(=O)(=O)c3ccccc3)CC2)CN1C(=O)[C@@H](CCc1ccccc1)NC(=O)OC1CCCC1)C(=O)c1nc2ccccc2o1. The molecule has 2 saturated heterocycles. The average Bonchev–Trinajstić information content (AvgIpc) is 4.08. The average molecular weight is 885 g/mol. The van der Waals surface area contributed by atoms with Gasteiger partial charge in [-0.25, -0.2) is 23.0 Å². The molecule has 63 heavy (non-hydrogen) atoms. The number of nitrogens with one attached hydrogen (secondary N) is 1. The monoisotopic (exact) mass is 884 g/mol. The number of benzene rings is 3. The lowest BCUT2D eigenvalue weighted by Gasteiger charge is -2.34. The molecule has 0 unspecified atom stereocenters. The first-order valence-corrected chi connectivity index (χ1v) is 23.4. The number of sulfonamides is 1. The Morgan fingerprint density at radius 1 is 0.825 bits per heavy atom. The Balaban J connectivity index is 1.10. The molecule has 336 valence electrons. The fraction of sp³-hybridized carbons (Fsp3) is 0.478. The highest BCUT2D eigenvalue weighted by Gasteiger charge is 2.45. The second kappa shape index (κ2) is 21.1. The van der Waals surface area contributed by atoms with E-state index in [9.17, 15) is 32.4 Å². The summed E-state index contributed by atoms with van der Waals surface area (Å²) in [4.78, 5) is 77.7. The fourth-order valence-corrected chi connectivity index (χ4v) is 10.1. The molecule has 4 aromatic rings. The van der Waals surface area contributed by atoms with Crippen LogP contribution in [0.3, 0.4) is 0 Å². The van der Waals surface area contributed by atoms with Crippen LogP contribution in [0.2, 0.25) is 0 Å². The number of ether oxygens (including phenoxy) is 2. The zero-order valence-corrected chi connectivity index (χ0v) is 36.2. The van der Waals surface area contributed by atoms with Gasteiger partial charge in [-0.05, 0) is 87.7 Å². The molecule has 3 heterocycles. The maximum absolute atomic E-state index is 14.8. The summed E-state index contributed by atoms with van der Waals surface area (Å²) in [6, 6.07) is 22.4. The van der Waals surface area contributed by atoms with Crippen molar-refractivity contribution in [2.45, 2.75) is 99.8 Å². The van der Waals surface area contributed by atoms with E-state index in [1.165, 1.54) is 26.2 Å². The van der Waals surface area contributed by atoms with Gasteiger partial charge in [0.1, 0.15) is 23.8 Å². The first-order chi connectivity index (χ1) is 30.5. The van der Waals surface area contributed by atoms with E-state index in [4.69, 9.17) is 19.6 Å². The van der Waals surface area contributed by atoms with Gasteiger partial charge in [0.2, 0.25) is 21.7 Å². The lowest BCUT2D eigenvalue weighted by molar-refractivity contribution is -0.139. The van der Waals surface area contributed by atoms with Crippen molar-refractivity contribution in [1.29, 1.82) is 0 Å². The Bertz CT molecular complexity index is 2280. The third-order valence-electron chi connectivity index (χ3n) is 12.1. The lowest BCUT2D eigenvalue weighted by atomic mass is 9.89. The van der Waals surface area contributed by atoms with Crippen LogP contribution >= 0.6 is 0 Å². The van der Waals surface area contributed by atoms with Crippen molar-refractivity contribution in [2.75, 3.05) is 39.3 Å². The Labute approximate surface area is 367 Å². The Kier molecular flexibility index (Phi) is 15.2. The predicted molar refractivity (Wildman–Crippen MR) is 232 cm³/mol. The van der Waals surface area contributed by atoms with Gasteiger partial charge in [0, 0.05) is 44.9 Å². The van der Waals surface area contributed by atoms with E-state index < -0.39 is 63.8 Å². The molecule has 1 saturated carbocycles. The van der Waals surface area contributed by atoms with E-state index >= 15 is 0 Å². The minimum atomic E-state index is -3.77. The van der Waals surface area contributed by atoms with Gasteiger partial charge in [-0.1, -0.05) is 67.1 Å². The van der Waals surface area contributed by atoms with Crippen LogP contribution < -0.4 is 11.1 Å². The first kappa shape index (κ1) is 45.4. The van der Waals surface area contributed by atoms with Crippen LogP contribution in [0, 0.1) is 5.92 Å². The predicted octanol–water partition coefficient (Wildman–Crippen LogP) is 5.50. The maximum atomic E-state index is 14.8. The molecule has 3 amide bonds. The standard InChI is InChI=1S/C46H56N6O10S/c47-24-12-11-15-33(42(54)43-48-37-20-9-10-21-41(37)62-43)29-40(53)39-30-35(61-46(57)50-25-27-51(28-26-50)63(58,59)36-18-5-2-6-19-36)31-52(39)44(55)38(23-22-32-13-3-1-4-14-32)49-45(56)60-34-16-7-8-17-34/h1-6,9-10,13-14,18-21,33-35,38-39H,7-8,11-12,15-17,22-31,47H2,(H,49,56)/t33-,35-,38-,39+/m1/s1. The van der Waals surface area contributed by atoms with Crippen LogP contribution in [0.1, 0.15) is 80.5 Å². The molecule has 3 aromatic carbocycles. The van der Waals surface area contributed by atoms with E-state index in [0.717, 1.165) is 31.2 Å². The summed E-state index contributed by atoms with van der Waals surface area (Å²) in [6.45, 7) is 0.483. The molecule has 7 rings (SSSR count). The highest BCUT2D eigenvalue weighted by molar-refractivity contribution is 7.89. The van der Waals surface area contributed by atoms with E-state index in [0.29, 0.717) is 43.3 Å². The Hall–Kier alpha value is -5.65. The summed E-state index contributed by atoms with van der Waals surface area (Å²) in [6.07, 6.45) is 2.56. The van der Waals surface area contributed by atoms with Crippen LogP contribution in [0.25, 0.3) is 11.1 Å².